The first-order valence-corrected chi connectivity index (χ1v) is 4.36. The lowest BCUT2D eigenvalue weighted by Gasteiger charge is -1.93. The van der Waals surface area contributed by atoms with Crippen molar-refractivity contribution in [3.8, 4) is 0 Å². The summed E-state index contributed by atoms with van der Waals surface area (Å²) in [4.78, 5) is 11.4. The molecule has 5 heteroatoms. The third-order valence-electron chi connectivity index (χ3n) is 1.06. The average Bonchev–Trinajstić information content (AvgIpc) is 2.33. The molecule has 2 nitrogen and oxygen atoms in total. The summed E-state index contributed by atoms with van der Waals surface area (Å²) in [5.74, 6) is 0. The first-order chi connectivity index (χ1) is 5.11. The molecule has 0 aliphatic heterocycles. The van der Waals surface area contributed by atoms with Gasteiger partial charge in [0.1, 0.15) is 0 Å². The van der Waals surface area contributed by atoms with Gasteiger partial charge in [0.05, 0.1) is 4.88 Å². The van der Waals surface area contributed by atoms with E-state index in [4.69, 9.17) is 28.3 Å². The molecule has 60 valence electrons. The van der Waals surface area contributed by atoms with Crippen molar-refractivity contribution in [2.75, 3.05) is 0 Å². The number of rotatable bonds is 2. The number of alkyl halides is 1. The summed E-state index contributed by atoms with van der Waals surface area (Å²) < 4.78 is 0. The molecule has 1 unspecified atom stereocenters. The number of aliphatic hydroxyl groups is 1. The van der Waals surface area contributed by atoms with E-state index in [1.54, 1.807) is 6.07 Å². The van der Waals surface area contributed by atoms with Crippen LogP contribution in [-0.4, -0.2) is 10.3 Å². The molecule has 0 spiro atoms. The molecule has 1 heterocycles. The van der Waals surface area contributed by atoms with Gasteiger partial charge < -0.3 is 5.11 Å². The van der Waals surface area contributed by atoms with Gasteiger partial charge in [-0.05, 0) is 23.7 Å². The zero-order chi connectivity index (χ0) is 8.43. The molecule has 0 bridgehead atoms. The Bertz CT molecular complexity index is 269. The van der Waals surface area contributed by atoms with Crippen LogP contribution in [0, 0.1) is 0 Å². The average molecular weight is 211 g/mol. The zero-order valence-electron chi connectivity index (χ0n) is 5.25. The predicted molar refractivity (Wildman–Crippen MR) is 45.3 cm³/mol. The van der Waals surface area contributed by atoms with E-state index in [-0.39, 0.29) is 0 Å². The van der Waals surface area contributed by atoms with Gasteiger partial charge in [-0.25, -0.2) is 0 Å². The summed E-state index contributed by atoms with van der Waals surface area (Å²) in [7, 11) is 0. The summed E-state index contributed by atoms with van der Waals surface area (Å²) in [6.45, 7) is 0. The molecule has 1 atom stereocenters. The topological polar surface area (TPSA) is 37.3 Å². The minimum atomic E-state index is -1.05. The van der Waals surface area contributed by atoms with E-state index < -0.39 is 10.8 Å². The lowest BCUT2D eigenvalue weighted by Crippen LogP contribution is -1.81. The van der Waals surface area contributed by atoms with E-state index in [1.807, 2.05) is 0 Å². The molecule has 0 fully saturated rings. The van der Waals surface area contributed by atoms with Gasteiger partial charge in [-0.3, -0.25) is 4.79 Å². The van der Waals surface area contributed by atoms with Gasteiger partial charge >= 0.3 is 0 Å². The molecule has 11 heavy (non-hydrogen) atoms. The van der Waals surface area contributed by atoms with Crippen molar-refractivity contribution in [2.45, 2.75) is 5.56 Å². The maximum Gasteiger partial charge on any atom is 0.262 e. The number of halogens is 2. The Labute approximate surface area is 77.4 Å². The van der Waals surface area contributed by atoms with Crippen LogP contribution < -0.4 is 0 Å². The Morgan fingerprint density at radius 3 is 2.55 bits per heavy atom. The normalized spacial score (nSPS) is 13.0. The largest absolute Gasteiger partial charge is 0.373 e. The SMILES string of the molecule is O=C(Cl)c1ccc(C(O)Cl)s1. The highest BCUT2D eigenvalue weighted by molar-refractivity contribution is 7.16. The predicted octanol–water partition coefficient (Wildman–Crippen LogP) is 2.36. The van der Waals surface area contributed by atoms with Gasteiger partial charge in [0.15, 0.2) is 5.56 Å². The van der Waals surface area contributed by atoms with Gasteiger partial charge in [0.25, 0.3) is 5.24 Å². The highest BCUT2D eigenvalue weighted by atomic mass is 35.5. The van der Waals surface area contributed by atoms with Crippen LogP contribution >= 0.6 is 34.5 Å². The molecule has 0 saturated heterocycles. The minimum Gasteiger partial charge on any atom is -0.373 e. The fourth-order valence-corrected chi connectivity index (χ4v) is 1.68. The second-order valence-electron chi connectivity index (χ2n) is 1.81. The summed E-state index contributed by atoms with van der Waals surface area (Å²) in [6.07, 6.45) is 0. The Balaban J connectivity index is 2.90. The van der Waals surface area contributed by atoms with Crippen LogP contribution in [0.25, 0.3) is 0 Å². The van der Waals surface area contributed by atoms with Crippen LogP contribution in [0.5, 0.6) is 0 Å². The van der Waals surface area contributed by atoms with Crippen molar-refractivity contribution in [2.24, 2.45) is 0 Å². The van der Waals surface area contributed by atoms with Crippen molar-refractivity contribution >= 4 is 39.8 Å². The number of carbonyl (C=O) groups excluding carboxylic acids is 1. The zero-order valence-corrected chi connectivity index (χ0v) is 7.58. The molecule has 0 aliphatic rings. The smallest absolute Gasteiger partial charge is 0.262 e. The lowest BCUT2D eigenvalue weighted by atomic mass is 10.4. The van der Waals surface area contributed by atoms with Crippen LogP contribution in [0.4, 0.5) is 0 Å². The number of hydrogen-bond donors (Lipinski definition) is 1. The molecule has 1 rings (SSSR count). The molecular formula is C6H4Cl2O2S. The number of thiophene rings is 1. The third-order valence-corrected chi connectivity index (χ3v) is 2.87. The first kappa shape index (κ1) is 9.00. The lowest BCUT2D eigenvalue weighted by molar-refractivity contribution is 0.108. The number of hydrogen-bond acceptors (Lipinski definition) is 3. The first-order valence-electron chi connectivity index (χ1n) is 2.73. The standard InChI is InChI=1S/C6H4Cl2O2S/c7-5(9)3-1-2-4(11-3)6(8)10/h1-2,5,9H. The van der Waals surface area contributed by atoms with Gasteiger partial charge in [-0.1, -0.05) is 11.6 Å². The second kappa shape index (κ2) is 3.54. The van der Waals surface area contributed by atoms with Gasteiger partial charge in [-0.2, -0.15) is 0 Å². The molecule has 0 radical (unpaired) electrons. The van der Waals surface area contributed by atoms with Crippen molar-refractivity contribution in [1.29, 1.82) is 0 Å². The van der Waals surface area contributed by atoms with E-state index >= 15 is 0 Å². The second-order valence-corrected chi connectivity index (χ2v) is 3.68. The molecule has 0 aromatic carbocycles. The van der Waals surface area contributed by atoms with Crippen molar-refractivity contribution in [1.82, 2.24) is 0 Å². The molecule has 0 amide bonds. The Morgan fingerprint density at radius 2 is 2.27 bits per heavy atom. The molecule has 1 aromatic heterocycles. The summed E-state index contributed by atoms with van der Waals surface area (Å²) >= 11 is 11.6. The summed E-state index contributed by atoms with van der Waals surface area (Å²) in [6, 6.07) is 3.10. The van der Waals surface area contributed by atoms with E-state index in [1.165, 1.54) is 6.07 Å². The Hall–Kier alpha value is -0.0900. The van der Waals surface area contributed by atoms with E-state index in [2.05, 4.69) is 0 Å². The van der Waals surface area contributed by atoms with Crippen LogP contribution in [0.15, 0.2) is 12.1 Å². The quantitative estimate of drug-likeness (QED) is 0.602. The molecule has 0 saturated carbocycles. The third kappa shape index (κ3) is 2.17. The fraction of sp³-hybridized carbons (Fsp3) is 0.167. The summed E-state index contributed by atoms with van der Waals surface area (Å²) in [5.41, 5.74) is -1.05. The maximum absolute atomic E-state index is 10.5. The maximum atomic E-state index is 10.5. The minimum absolute atomic E-state index is 0.390. The molecule has 1 aromatic rings. The van der Waals surface area contributed by atoms with Gasteiger partial charge in [0, 0.05) is 4.88 Å². The highest BCUT2D eigenvalue weighted by Crippen LogP contribution is 2.26. The molecular weight excluding hydrogens is 207 g/mol. The van der Waals surface area contributed by atoms with Gasteiger partial charge in [0.2, 0.25) is 0 Å². The Morgan fingerprint density at radius 1 is 1.64 bits per heavy atom. The van der Waals surface area contributed by atoms with Crippen molar-refractivity contribution in [3.63, 3.8) is 0 Å². The van der Waals surface area contributed by atoms with E-state index in [0.717, 1.165) is 11.3 Å². The van der Waals surface area contributed by atoms with Crippen molar-refractivity contribution in [3.05, 3.63) is 21.9 Å². The van der Waals surface area contributed by atoms with Crippen LogP contribution in [-0.2, 0) is 0 Å². The van der Waals surface area contributed by atoms with Crippen molar-refractivity contribution < 1.29 is 9.90 Å². The van der Waals surface area contributed by atoms with E-state index in [9.17, 15) is 4.79 Å². The molecule has 1 N–H and O–H groups in total. The highest BCUT2D eigenvalue weighted by Gasteiger charge is 2.09. The van der Waals surface area contributed by atoms with E-state index in [0.29, 0.717) is 9.75 Å². The number of aliphatic hydroxyl groups excluding tert-OH is 1. The van der Waals surface area contributed by atoms with Gasteiger partial charge in [-0.15, -0.1) is 11.3 Å². The van der Waals surface area contributed by atoms with Crippen LogP contribution in [0.1, 0.15) is 20.1 Å². The molecule has 0 aliphatic carbocycles. The fourth-order valence-electron chi connectivity index (χ4n) is 0.586. The van der Waals surface area contributed by atoms with Crippen LogP contribution in [0.2, 0.25) is 0 Å². The number of carbonyl (C=O) groups is 1. The Kier molecular flexibility index (Phi) is 2.90. The monoisotopic (exact) mass is 210 g/mol. The van der Waals surface area contributed by atoms with Crippen LogP contribution in [0.3, 0.4) is 0 Å². The summed E-state index contributed by atoms with van der Waals surface area (Å²) in [5, 5.41) is 8.31.